The number of carbonyl (C=O) groups is 3. The molecule has 0 amide bonds. The number of benzene rings is 1. The summed E-state index contributed by atoms with van der Waals surface area (Å²) in [5, 5.41) is 0. The van der Waals surface area contributed by atoms with Crippen LogP contribution in [0, 0.1) is 0 Å². The quantitative estimate of drug-likeness (QED) is 0.478. The smallest absolute Gasteiger partial charge is 0.306 e. The Morgan fingerprint density at radius 2 is 1.52 bits per heavy atom. The molecule has 0 aliphatic heterocycles. The second-order valence-corrected chi connectivity index (χ2v) is 5.34. The molecule has 0 bridgehead atoms. The Kier molecular flexibility index (Phi) is 9.67. The fourth-order valence-electron chi connectivity index (χ4n) is 2.06. The molecule has 0 aliphatic rings. The van der Waals surface area contributed by atoms with E-state index in [0.29, 0.717) is 12.8 Å². The Morgan fingerprint density at radius 3 is 2.16 bits per heavy atom. The van der Waals surface area contributed by atoms with Crippen LogP contribution in [-0.4, -0.2) is 38.2 Å². The molecule has 0 saturated carbocycles. The summed E-state index contributed by atoms with van der Waals surface area (Å²) in [5.41, 5.74) is 0.978. The number of ether oxygens (including phenoxy) is 3. The second kappa shape index (κ2) is 11.8. The van der Waals surface area contributed by atoms with Gasteiger partial charge in [0.15, 0.2) is 0 Å². The minimum Gasteiger partial charge on any atom is -0.469 e. The van der Waals surface area contributed by atoms with Gasteiger partial charge in [-0.2, -0.15) is 0 Å². The lowest BCUT2D eigenvalue weighted by atomic mass is 10.1. The van der Waals surface area contributed by atoms with Gasteiger partial charge in [0.25, 0.3) is 0 Å². The van der Waals surface area contributed by atoms with Crippen LogP contribution in [0.15, 0.2) is 36.4 Å². The Bertz CT molecular complexity index is 579. The first-order valence-electron chi connectivity index (χ1n) is 8.11. The minimum atomic E-state index is -0.480. The van der Waals surface area contributed by atoms with E-state index in [1.165, 1.54) is 14.2 Å². The van der Waals surface area contributed by atoms with Gasteiger partial charge in [-0.15, -0.1) is 0 Å². The Hall–Kier alpha value is -2.63. The van der Waals surface area contributed by atoms with Gasteiger partial charge in [-0.3, -0.25) is 14.4 Å². The summed E-state index contributed by atoms with van der Waals surface area (Å²) in [6, 6.07) is 9.60. The Morgan fingerprint density at radius 1 is 0.920 bits per heavy atom. The highest BCUT2D eigenvalue weighted by atomic mass is 16.5. The van der Waals surface area contributed by atoms with E-state index in [9.17, 15) is 14.4 Å². The molecule has 0 aromatic heterocycles. The molecule has 0 fully saturated rings. The van der Waals surface area contributed by atoms with E-state index in [0.717, 1.165) is 5.56 Å². The lowest BCUT2D eigenvalue weighted by Gasteiger charge is -2.14. The zero-order valence-corrected chi connectivity index (χ0v) is 14.6. The number of carbonyl (C=O) groups excluding carboxylic acids is 3. The second-order valence-electron chi connectivity index (χ2n) is 5.34. The summed E-state index contributed by atoms with van der Waals surface area (Å²) >= 11 is 0. The van der Waals surface area contributed by atoms with Crippen molar-refractivity contribution >= 4 is 24.0 Å². The number of methoxy groups -OCH3 is 2. The fourth-order valence-corrected chi connectivity index (χ4v) is 2.06. The third kappa shape index (κ3) is 9.30. The van der Waals surface area contributed by atoms with Gasteiger partial charge >= 0.3 is 17.9 Å². The molecule has 0 unspecified atom stereocenters. The predicted octanol–water partition coefficient (Wildman–Crippen LogP) is 2.91. The molecule has 0 saturated heterocycles. The van der Waals surface area contributed by atoms with Crippen LogP contribution in [0.25, 0.3) is 6.08 Å². The highest BCUT2D eigenvalue weighted by Gasteiger charge is 2.14. The van der Waals surface area contributed by atoms with Crippen molar-refractivity contribution in [1.29, 1.82) is 0 Å². The van der Waals surface area contributed by atoms with Gasteiger partial charge in [-0.05, 0) is 24.5 Å². The molecular formula is C19H24O6. The molecule has 1 aromatic rings. The summed E-state index contributed by atoms with van der Waals surface area (Å²) in [6.45, 7) is 0. The molecule has 6 nitrogen and oxygen atoms in total. The van der Waals surface area contributed by atoms with Crippen molar-refractivity contribution in [3.05, 3.63) is 42.0 Å². The average Bonchev–Trinajstić information content (AvgIpc) is 2.64. The van der Waals surface area contributed by atoms with E-state index >= 15 is 0 Å². The maximum atomic E-state index is 11.9. The topological polar surface area (TPSA) is 78.9 Å². The summed E-state index contributed by atoms with van der Waals surface area (Å²) in [4.78, 5) is 34.2. The molecule has 0 radical (unpaired) electrons. The zero-order chi connectivity index (χ0) is 18.5. The van der Waals surface area contributed by atoms with E-state index in [1.54, 1.807) is 6.08 Å². The highest BCUT2D eigenvalue weighted by Crippen LogP contribution is 2.12. The third-order valence-electron chi connectivity index (χ3n) is 3.44. The van der Waals surface area contributed by atoms with Crippen molar-refractivity contribution in [1.82, 2.24) is 0 Å². The third-order valence-corrected chi connectivity index (χ3v) is 3.44. The molecule has 1 aromatic carbocycles. The Balaban J connectivity index is 2.60. The van der Waals surface area contributed by atoms with Crippen molar-refractivity contribution < 1.29 is 28.6 Å². The van der Waals surface area contributed by atoms with Crippen molar-refractivity contribution in [2.24, 2.45) is 0 Å². The van der Waals surface area contributed by atoms with Crippen molar-refractivity contribution in [2.75, 3.05) is 14.2 Å². The van der Waals surface area contributed by atoms with Crippen molar-refractivity contribution in [3.63, 3.8) is 0 Å². The van der Waals surface area contributed by atoms with E-state index in [1.807, 2.05) is 36.4 Å². The first-order chi connectivity index (χ1) is 12.0. The zero-order valence-electron chi connectivity index (χ0n) is 14.6. The van der Waals surface area contributed by atoms with Crippen LogP contribution in [-0.2, 0) is 28.6 Å². The predicted molar refractivity (Wildman–Crippen MR) is 92.5 cm³/mol. The lowest BCUT2D eigenvalue weighted by Crippen LogP contribution is -2.17. The average molecular weight is 348 g/mol. The van der Waals surface area contributed by atoms with E-state index in [4.69, 9.17) is 4.74 Å². The SMILES string of the molecule is COC(=O)CCC[C@@H](/C=C/c1ccccc1)OC(=O)CCC(=O)OC. The van der Waals surface area contributed by atoms with Crippen LogP contribution in [0.2, 0.25) is 0 Å². The summed E-state index contributed by atoms with van der Waals surface area (Å²) < 4.78 is 14.5. The van der Waals surface area contributed by atoms with Crippen LogP contribution >= 0.6 is 0 Å². The normalized spacial score (nSPS) is 11.8. The van der Waals surface area contributed by atoms with Gasteiger partial charge in [0.2, 0.25) is 0 Å². The summed E-state index contributed by atoms with van der Waals surface area (Å²) in [5.74, 6) is -1.24. The highest BCUT2D eigenvalue weighted by molar-refractivity contribution is 5.77. The summed E-state index contributed by atoms with van der Waals surface area (Å²) in [7, 11) is 2.61. The molecule has 0 N–H and O–H groups in total. The molecule has 0 aliphatic carbocycles. The molecule has 1 rings (SSSR count). The monoisotopic (exact) mass is 348 g/mol. The number of esters is 3. The Labute approximate surface area is 147 Å². The number of rotatable bonds is 10. The van der Waals surface area contributed by atoms with Crippen LogP contribution in [0.4, 0.5) is 0 Å². The van der Waals surface area contributed by atoms with Crippen LogP contribution in [0.3, 0.4) is 0 Å². The van der Waals surface area contributed by atoms with Crippen molar-refractivity contribution in [2.45, 2.75) is 38.2 Å². The van der Waals surface area contributed by atoms with Gasteiger partial charge < -0.3 is 14.2 Å². The van der Waals surface area contributed by atoms with Crippen LogP contribution in [0.5, 0.6) is 0 Å². The van der Waals surface area contributed by atoms with E-state index < -0.39 is 18.0 Å². The van der Waals surface area contributed by atoms with Gasteiger partial charge in [0.05, 0.1) is 27.1 Å². The minimum absolute atomic E-state index is 0.0212. The van der Waals surface area contributed by atoms with Crippen LogP contribution in [0.1, 0.15) is 37.7 Å². The molecule has 1 atom stereocenters. The largest absolute Gasteiger partial charge is 0.469 e. The molecule has 6 heteroatoms. The fraction of sp³-hybridized carbons (Fsp3) is 0.421. The summed E-state index contributed by atoms with van der Waals surface area (Å²) in [6.07, 6.45) is 4.37. The first-order valence-corrected chi connectivity index (χ1v) is 8.11. The van der Waals surface area contributed by atoms with Crippen LogP contribution < -0.4 is 0 Å². The molecule has 136 valence electrons. The van der Waals surface area contributed by atoms with E-state index in [-0.39, 0.29) is 25.2 Å². The number of hydrogen-bond acceptors (Lipinski definition) is 6. The number of hydrogen-bond donors (Lipinski definition) is 0. The molecule has 0 heterocycles. The maximum absolute atomic E-state index is 11.9. The first kappa shape index (κ1) is 20.4. The van der Waals surface area contributed by atoms with Gasteiger partial charge in [0, 0.05) is 6.42 Å². The standard InChI is InChI=1S/C19H24O6/c1-23-17(20)10-6-9-16(12-11-15-7-4-3-5-8-15)25-19(22)14-13-18(21)24-2/h3-5,7-8,11-12,16H,6,9-10,13-14H2,1-2H3/b12-11+/t16-/m0/s1. The van der Waals surface area contributed by atoms with E-state index in [2.05, 4.69) is 9.47 Å². The van der Waals surface area contributed by atoms with Gasteiger partial charge in [-0.25, -0.2) is 0 Å². The lowest BCUT2D eigenvalue weighted by molar-refractivity contribution is -0.151. The maximum Gasteiger partial charge on any atom is 0.306 e. The molecule has 0 spiro atoms. The van der Waals surface area contributed by atoms with Gasteiger partial charge in [0.1, 0.15) is 6.10 Å². The van der Waals surface area contributed by atoms with Gasteiger partial charge in [-0.1, -0.05) is 36.4 Å². The molecular weight excluding hydrogens is 324 g/mol. The molecule has 25 heavy (non-hydrogen) atoms. The van der Waals surface area contributed by atoms with Crippen molar-refractivity contribution in [3.8, 4) is 0 Å².